The topological polar surface area (TPSA) is 96.5 Å². The molecule has 1 atom stereocenters. The van der Waals surface area contributed by atoms with Gasteiger partial charge in [-0.05, 0) is 33.2 Å². The van der Waals surface area contributed by atoms with Gasteiger partial charge >= 0.3 is 16.3 Å². The van der Waals surface area contributed by atoms with Gasteiger partial charge in [-0.3, -0.25) is 0 Å². The minimum Gasteiger partial charge on any atom is -0.446 e. The molecular formula is C10H21N3O4S. The zero-order valence-corrected chi connectivity index (χ0v) is 11.5. The summed E-state index contributed by atoms with van der Waals surface area (Å²) < 4.78 is 31.9. The lowest BCUT2D eigenvalue weighted by Gasteiger charge is -2.23. The van der Waals surface area contributed by atoms with Crippen LogP contribution in [-0.2, 0) is 14.9 Å². The van der Waals surface area contributed by atoms with Gasteiger partial charge in [0.05, 0.1) is 6.10 Å². The first-order valence-corrected chi connectivity index (χ1v) is 7.59. The number of carbonyl (C=O) groups is 1. The van der Waals surface area contributed by atoms with Crippen molar-refractivity contribution in [2.24, 2.45) is 0 Å². The molecule has 0 aromatic rings. The van der Waals surface area contributed by atoms with Crippen LogP contribution in [0.25, 0.3) is 0 Å². The molecule has 0 bridgehead atoms. The Labute approximate surface area is 108 Å². The molecule has 18 heavy (non-hydrogen) atoms. The van der Waals surface area contributed by atoms with Gasteiger partial charge in [0, 0.05) is 12.6 Å². The average molecular weight is 279 g/mol. The maximum Gasteiger partial charge on any atom is 0.422 e. The van der Waals surface area contributed by atoms with Gasteiger partial charge in [-0.1, -0.05) is 6.42 Å². The van der Waals surface area contributed by atoms with Gasteiger partial charge in [-0.15, -0.1) is 0 Å². The quantitative estimate of drug-likeness (QED) is 0.663. The van der Waals surface area contributed by atoms with E-state index < -0.39 is 16.3 Å². The van der Waals surface area contributed by atoms with Crippen molar-refractivity contribution >= 4 is 16.3 Å². The molecule has 1 amide bonds. The van der Waals surface area contributed by atoms with Crippen molar-refractivity contribution in [2.75, 3.05) is 13.1 Å². The molecule has 1 heterocycles. The maximum atomic E-state index is 11.5. The molecule has 0 aromatic carbocycles. The molecule has 0 aliphatic carbocycles. The van der Waals surface area contributed by atoms with Crippen molar-refractivity contribution < 1.29 is 17.9 Å². The van der Waals surface area contributed by atoms with Gasteiger partial charge in [0.15, 0.2) is 0 Å². The van der Waals surface area contributed by atoms with Crippen LogP contribution < -0.4 is 14.8 Å². The molecule has 0 aromatic heterocycles. The fraction of sp³-hybridized carbons (Fsp3) is 0.900. The molecule has 1 aliphatic heterocycles. The van der Waals surface area contributed by atoms with E-state index in [1.165, 1.54) is 0 Å². The van der Waals surface area contributed by atoms with Crippen molar-refractivity contribution in [2.45, 2.75) is 45.3 Å². The Hall–Kier alpha value is -0.860. The maximum absolute atomic E-state index is 11.5. The molecule has 1 fully saturated rings. The van der Waals surface area contributed by atoms with Gasteiger partial charge in [-0.2, -0.15) is 13.1 Å². The summed E-state index contributed by atoms with van der Waals surface area (Å²) >= 11 is 0. The summed E-state index contributed by atoms with van der Waals surface area (Å²) in [6, 6.07) is 0.122. The van der Waals surface area contributed by atoms with Crippen LogP contribution in [-0.4, -0.2) is 39.7 Å². The van der Waals surface area contributed by atoms with Crippen LogP contribution in [0.2, 0.25) is 0 Å². The molecule has 1 rings (SSSR count). The Kier molecular flexibility index (Phi) is 5.83. The van der Waals surface area contributed by atoms with Crippen LogP contribution in [0.5, 0.6) is 0 Å². The third-order valence-electron chi connectivity index (χ3n) is 2.49. The van der Waals surface area contributed by atoms with Crippen molar-refractivity contribution in [3.05, 3.63) is 0 Å². The lowest BCUT2D eigenvalue weighted by Crippen LogP contribution is -2.48. The second-order valence-corrected chi connectivity index (χ2v) is 6.05. The number of hydrogen-bond acceptors (Lipinski definition) is 5. The van der Waals surface area contributed by atoms with Gasteiger partial charge in [0.25, 0.3) is 0 Å². The summed E-state index contributed by atoms with van der Waals surface area (Å²) in [5.41, 5.74) is 0. The van der Waals surface area contributed by atoms with Crippen LogP contribution in [0.4, 0.5) is 4.79 Å². The van der Waals surface area contributed by atoms with Crippen molar-refractivity contribution in [3.63, 3.8) is 0 Å². The summed E-state index contributed by atoms with van der Waals surface area (Å²) in [7, 11) is -3.84. The predicted molar refractivity (Wildman–Crippen MR) is 67.3 cm³/mol. The molecule has 0 saturated carbocycles. The highest BCUT2D eigenvalue weighted by Gasteiger charge is 2.19. The molecule has 0 radical (unpaired) electrons. The number of hydrogen-bond donors (Lipinski definition) is 3. The molecule has 106 valence electrons. The normalized spacial score (nSPS) is 20.7. The smallest absolute Gasteiger partial charge is 0.422 e. The van der Waals surface area contributed by atoms with E-state index in [-0.39, 0.29) is 18.7 Å². The number of nitrogens with one attached hydrogen (secondary N) is 3. The Morgan fingerprint density at radius 2 is 2.17 bits per heavy atom. The average Bonchev–Trinajstić information content (AvgIpc) is 2.26. The van der Waals surface area contributed by atoms with Crippen LogP contribution >= 0.6 is 0 Å². The van der Waals surface area contributed by atoms with E-state index in [4.69, 9.17) is 4.74 Å². The molecule has 7 nitrogen and oxygen atoms in total. The first kappa shape index (κ1) is 15.2. The van der Waals surface area contributed by atoms with Crippen molar-refractivity contribution in [3.8, 4) is 0 Å². The summed E-state index contributed by atoms with van der Waals surface area (Å²) in [6.45, 7) is 4.46. The first-order chi connectivity index (χ1) is 8.39. The lowest BCUT2D eigenvalue weighted by molar-refractivity contribution is 0.121. The molecule has 3 N–H and O–H groups in total. The molecular weight excluding hydrogens is 258 g/mol. The van der Waals surface area contributed by atoms with E-state index in [1.807, 2.05) is 0 Å². The third kappa shape index (κ3) is 6.18. The van der Waals surface area contributed by atoms with Gasteiger partial charge in [-0.25, -0.2) is 9.52 Å². The molecule has 1 unspecified atom stereocenters. The summed E-state index contributed by atoms with van der Waals surface area (Å²) in [6.07, 6.45) is 1.80. The van der Waals surface area contributed by atoms with Crippen molar-refractivity contribution in [1.82, 2.24) is 14.8 Å². The minimum atomic E-state index is -3.84. The third-order valence-corrected chi connectivity index (χ3v) is 3.47. The fourth-order valence-electron chi connectivity index (χ4n) is 1.69. The number of amides is 1. The first-order valence-electron chi connectivity index (χ1n) is 6.10. The van der Waals surface area contributed by atoms with E-state index in [9.17, 15) is 13.2 Å². The highest BCUT2D eigenvalue weighted by Crippen LogP contribution is 2.05. The number of rotatable bonds is 5. The summed E-state index contributed by atoms with van der Waals surface area (Å²) in [5.74, 6) is 0. The minimum absolute atomic E-state index is 0.122. The van der Waals surface area contributed by atoms with Gasteiger partial charge in [0.1, 0.15) is 0 Å². The predicted octanol–water partition coefficient (Wildman–Crippen LogP) is 0.0975. The number of ether oxygens (including phenoxy) is 1. The molecule has 8 heteroatoms. The monoisotopic (exact) mass is 279 g/mol. The molecule has 1 saturated heterocycles. The van der Waals surface area contributed by atoms with Gasteiger partial charge < -0.3 is 10.1 Å². The van der Waals surface area contributed by atoms with Crippen molar-refractivity contribution in [1.29, 1.82) is 0 Å². The second kappa shape index (κ2) is 6.91. The highest BCUT2D eigenvalue weighted by atomic mass is 32.2. The zero-order valence-electron chi connectivity index (χ0n) is 10.7. The van der Waals surface area contributed by atoms with Gasteiger partial charge in [0.2, 0.25) is 0 Å². The highest BCUT2D eigenvalue weighted by molar-refractivity contribution is 7.88. The fourth-order valence-corrected chi connectivity index (χ4v) is 2.45. The molecule has 1 aliphatic rings. The van der Waals surface area contributed by atoms with Crippen LogP contribution in [0, 0.1) is 0 Å². The van der Waals surface area contributed by atoms with Crippen LogP contribution in [0.1, 0.15) is 33.1 Å². The number of carbonyl (C=O) groups excluding carboxylic acids is 1. The van der Waals surface area contributed by atoms with Crippen LogP contribution in [0.3, 0.4) is 0 Å². The summed E-state index contributed by atoms with van der Waals surface area (Å²) in [4.78, 5) is 11.2. The largest absolute Gasteiger partial charge is 0.446 e. The SMILES string of the molecule is CC(C)OC(=O)NS(=O)(=O)NCC1CCCCN1. The summed E-state index contributed by atoms with van der Waals surface area (Å²) in [5, 5.41) is 3.21. The standard InChI is InChI=1S/C10H21N3O4S/c1-8(2)17-10(14)13-18(15,16)12-7-9-5-3-4-6-11-9/h8-9,11-12H,3-7H2,1-2H3,(H,13,14). The van der Waals surface area contributed by atoms with E-state index in [1.54, 1.807) is 18.6 Å². The Morgan fingerprint density at radius 1 is 1.44 bits per heavy atom. The lowest BCUT2D eigenvalue weighted by atomic mass is 10.1. The Morgan fingerprint density at radius 3 is 2.72 bits per heavy atom. The van der Waals surface area contributed by atoms with E-state index in [0.717, 1.165) is 25.8 Å². The Bertz CT molecular complexity index is 363. The van der Waals surface area contributed by atoms with Crippen LogP contribution in [0.15, 0.2) is 0 Å². The second-order valence-electron chi connectivity index (χ2n) is 4.55. The zero-order chi connectivity index (χ0) is 13.6. The van der Waals surface area contributed by atoms with E-state index in [0.29, 0.717) is 0 Å². The molecule has 0 spiro atoms. The van der Waals surface area contributed by atoms with E-state index in [2.05, 4.69) is 10.0 Å². The Balaban J connectivity index is 2.32. The number of piperidine rings is 1. The van der Waals surface area contributed by atoms with E-state index >= 15 is 0 Å².